The van der Waals surface area contributed by atoms with Gasteiger partial charge in [-0.3, -0.25) is 23.7 Å². The second kappa shape index (κ2) is 4.73. The van der Waals surface area contributed by atoms with Crippen LogP contribution in [0.3, 0.4) is 0 Å². The van der Waals surface area contributed by atoms with Gasteiger partial charge in [-0.1, -0.05) is 30.8 Å². The summed E-state index contributed by atoms with van der Waals surface area (Å²) in [4.78, 5) is 34.9. The third-order valence-corrected chi connectivity index (χ3v) is 3.77. The Hall–Kier alpha value is -1.95. The van der Waals surface area contributed by atoms with Gasteiger partial charge in [0.1, 0.15) is 6.04 Å². The molecule has 0 aliphatic carbocycles. The fourth-order valence-corrected chi connectivity index (χ4v) is 2.84. The van der Waals surface area contributed by atoms with E-state index >= 15 is 0 Å². The van der Waals surface area contributed by atoms with Gasteiger partial charge in [0, 0.05) is 6.42 Å². The van der Waals surface area contributed by atoms with Crippen molar-refractivity contribution in [1.82, 2.24) is 9.27 Å². The summed E-state index contributed by atoms with van der Waals surface area (Å²) in [5.74, 6) is -0.728. The van der Waals surface area contributed by atoms with Crippen LogP contribution in [0.25, 0.3) is 12.7 Å². The lowest BCUT2D eigenvalue weighted by atomic mass is 10.1. The highest BCUT2D eigenvalue weighted by atomic mass is 32.1. The molecule has 1 atom stereocenters. The summed E-state index contributed by atoms with van der Waals surface area (Å²) in [5.41, 5.74) is -0.264. The summed E-state index contributed by atoms with van der Waals surface area (Å²) in [6.07, 6.45) is 3.67. The van der Waals surface area contributed by atoms with Crippen molar-refractivity contribution < 1.29 is 9.59 Å². The van der Waals surface area contributed by atoms with E-state index < -0.39 is 11.9 Å². The van der Waals surface area contributed by atoms with E-state index in [1.807, 2.05) is 0 Å². The molecule has 0 radical (unpaired) electrons. The molecule has 1 saturated heterocycles. The maximum atomic E-state index is 12.1. The molecule has 0 bridgehead atoms. The maximum absolute atomic E-state index is 12.1. The number of rotatable bonds is 2. The van der Waals surface area contributed by atoms with E-state index in [-0.39, 0.29) is 17.9 Å². The van der Waals surface area contributed by atoms with Crippen LogP contribution >= 0.6 is 11.5 Å². The molecule has 2 rings (SSSR count). The Balaban J connectivity index is 2.51. The topological polar surface area (TPSA) is 68.2 Å². The quantitative estimate of drug-likeness (QED) is 0.716. The molecular formula is C12H12N2O3S. The first kappa shape index (κ1) is 12.5. The Kier molecular flexibility index (Phi) is 3.29. The lowest BCUT2D eigenvalue weighted by molar-refractivity contribution is -0.135. The Bertz CT molecular complexity index is 683. The second-order valence-corrected chi connectivity index (χ2v) is 5.00. The third kappa shape index (κ3) is 2.06. The average Bonchev–Trinajstić information content (AvgIpc) is 2.58. The van der Waals surface area contributed by atoms with E-state index in [2.05, 4.69) is 18.5 Å². The van der Waals surface area contributed by atoms with Crippen molar-refractivity contribution in [3.05, 3.63) is 32.8 Å². The van der Waals surface area contributed by atoms with Crippen LogP contribution in [0, 0.1) is 0 Å². The number of piperidine rings is 1. The van der Waals surface area contributed by atoms with Gasteiger partial charge in [0.05, 0.1) is 9.75 Å². The molecule has 2 amide bonds. The predicted octanol–water partition coefficient (Wildman–Crippen LogP) is -0.736. The first-order valence-electron chi connectivity index (χ1n) is 5.42. The highest BCUT2D eigenvalue weighted by molar-refractivity contribution is 7.04. The van der Waals surface area contributed by atoms with Gasteiger partial charge in [0.25, 0.3) is 11.5 Å². The van der Waals surface area contributed by atoms with Crippen molar-refractivity contribution in [2.45, 2.75) is 18.9 Å². The van der Waals surface area contributed by atoms with Crippen LogP contribution in [-0.4, -0.2) is 15.8 Å². The van der Waals surface area contributed by atoms with E-state index in [1.54, 1.807) is 6.08 Å². The number of amides is 2. The van der Waals surface area contributed by atoms with E-state index in [9.17, 15) is 14.4 Å². The summed E-state index contributed by atoms with van der Waals surface area (Å²) in [6, 6.07) is -0.618. The third-order valence-electron chi connectivity index (χ3n) is 2.72. The van der Waals surface area contributed by atoms with E-state index in [0.717, 1.165) is 11.5 Å². The zero-order valence-electron chi connectivity index (χ0n) is 9.64. The van der Waals surface area contributed by atoms with Crippen molar-refractivity contribution >= 4 is 36.0 Å². The number of hydrogen-bond donors (Lipinski definition) is 1. The lowest BCUT2D eigenvalue weighted by Crippen LogP contribution is -2.45. The van der Waals surface area contributed by atoms with Crippen molar-refractivity contribution in [2.24, 2.45) is 0 Å². The van der Waals surface area contributed by atoms with Gasteiger partial charge in [0.15, 0.2) is 0 Å². The average molecular weight is 264 g/mol. The van der Waals surface area contributed by atoms with Crippen molar-refractivity contribution in [3.8, 4) is 0 Å². The summed E-state index contributed by atoms with van der Waals surface area (Å²) in [6.45, 7) is 7.31. The van der Waals surface area contributed by atoms with Gasteiger partial charge >= 0.3 is 0 Å². The summed E-state index contributed by atoms with van der Waals surface area (Å²) < 4.78 is 1.96. The zero-order valence-corrected chi connectivity index (χ0v) is 10.5. The molecule has 1 aromatic heterocycles. The smallest absolute Gasteiger partial charge is 0.269 e. The van der Waals surface area contributed by atoms with Crippen molar-refractivity contribution in [1.29, 1.82) is 0 Å². The van der Waals surface area contributed by atoms with Gasteiger partial charge in [-0.15, -0.1) is 0 Å². The normalized spacial score (nSPS) is 20.9. The largest absolute Gasteiger partial charge is 0.295 e. The van der Waals surface area contributed by atoms with E-state index in [4.69, 9.17) is 0 Å². The molecule has 1 unspecified atom stereocenters. The number of allylic oxidation sites excluding steroid dienone is 1. The molecule has 1 aromatic rings. The highest BCUT2D eigenvalue weighted by Crippen LogP contribution is 2.16. The fraction of sp³-hybridized carbons (Fsp3) is 0.250. The van der Waals surface area contributed by atoms with Gasteiger partial charge < -0.3 is 0 Å². The molecule has 0 aromatic carbocycles. The lowest BCUT2D eigenvalue weighted by Gasteiger charge is -2.20. The van der Waals surface area contributed by atoms with Crippen LogP contribution in [0.1, 0.15) is 18.9 Å². The predicted molar refractivity (Wildman–Crippen MR) is 69.4 cm³/mol. The molecule has 0 spiro atoms. The minimum absolute atomic E-state index is 0.244. The molecule has 5 nitrogen and oxygen atoms in total. The summed E-state index contributed by atoms with van der Waals surface area (Å²) in [5, 5.41) is 2.68. The van der Waals surface area contributed by atoms with Gasteiger partial charge in [-0.25, -0.2) is 0 Å². The van der Waals surface area contributed by atoms with Crippen LogP contribution in [0.4, 0.5) is 0 Å². The number of imide groups is 1. The van der Waals surface area contributed by atoms with Gasteiger partial charge in [-0.2, -0.15) is 0 Å². The molecule has 1 fully saturated rings. The Labute approximate surface area is 107 Å². The van der Waals surface area contributed by atoms with Crippen molar-refractivity contribution in [2.75, 3.05) is 0 Å². The first-order chi connectivity index (χ1) is 8.54. The summed E-state index contributed by atoms with van der Waals surface area (Å²) >= 11 is 1.13. The Morgan fingerprint density at radius 3 is 2.72 bits per heavy atom. The van der Waals surface area contributed by atoms with Gasteiger partial charge in [0.2, 0.25) is 5.91 Å². The molecular weight excluding hydrogens is 252 g/mol. The summed E-state index contributed by atoms with van der Waals surface area (Å²) in [7, 11) is 0. The number of hydrogen-bond acceptors (Lipinski definition) is 4. The number of aromatic nitrogens is 1. The van der Waals surface area contributed by atoms with Crippen LogP contribution in [-0.2, 0) is 9.59 Å². The monoisotopic (exact) mass is 264 g/mol. The molecule has 94 valence electrons. The second-order valence-electron chi connectivity index (χ2n) is 3.93. The molecule has 6 heteroatoms. The maximum Gasteiger partial charge on any atom is 0.269 e. The molecule has 1 N–H and O–H groups in total. The fourth-order valence-electron chi connectivity index (χ4n) is 1.84. The van der Waals surface area contributed by atoms with Gasteiger partial charge in [-0.05, 0) is 12.5 Å². The standard InChI is InChI=1S/C12H12N2O3S/c1-3-4-8-7(2)18-14(12(8)17)9-5-6-10(15)13-11(9)16/h3-4,9H,1-2,5-6H2,(H,13,15,16)/b8-4+. The minimum Gasteiger partial charge on any atom is -0.295 e. The molecule has 2 heterocycles. The van der Waals surface area contributed by atoms with Crippen LogP contribution < -0.4 is 20.6 Å². The number of nitrogens with one attached hydrogen (secondary N) is 1. The molecule has 1 aliphatic rings. The number of carbonyl (C=O) groups is 2. The van der Waals surface area contributed by atoms with Crippen LogP contribution in [0.2, 0.25) is 0 Å². The van der Waals surface area contributed by atoms with E-state index in [0.29, 0.717) is 16.2 Å². The molecule has 0 saturated carbocycles. The van der Waals surface area contributed by atoms with E-state index in [1.165, 1.54) is 10.0 Å². The molecule has 18 heavy (non-hydrogen) atoms. The minimum atomic E-state index is -0.618. The zero-order chi connectivity index (χ0) is 13.3. The number of nitrogens with zero attached hydrogens (tertiary/aromatic N) is 1. The Morgan fingerprint density at radius 2 is 2.11 bits per heavy atom. The van der Waals surface area contributed by atoms with Crippen molar-refractivity contribution in [3.63, 3.8) is 0 Å². The van der Waals surface area contributed by atoms with Crippen LogP contribution in [0.15, 0.2) is 17.4 Å². The highest BCUT2D eigenvalue weighted by Gasteiger charge is 2.29. The number of carbonyl (C=O) groups excluding carboxylic acids is 2. The molecule has 1 aliphatic heterocycles. The first-order valence-corrected chi connectivity index (χ1v) is 6.19. The SMILES string of the molecule is C=C/C=c1\c(=C)sn(C2CCC(=O)NC2=O)c1=O. The van der Waals surface area contributed by atoms with Crippen LogP contribution in [0.5, 0.6) is 0 Å². The Morgan fingerprint density at radius 1 is 1.39 bits per heavy atom.